The molecule has 0 heterocycles. The van der Waals surface area contributed by atoms with Gasteiger partial charge in [-0.25, -0.2) is 0 Å². The van der Waals surface area contributed by atoms with Gasteiger partial charge in [0.05, 0.1) is 21.1 Å². The second-order valence-corrected chi connectivity index (χ2v) is 16.4. The fraction of sp³-hybridized carbons (Fsp3) is 0.854. The van der Waals surface area contributed by atoms with Gasteiger partial charge in [0.1, 0.15) is 13.2 Å². The molecule has 0 unspecified atom stereocenters. The molecule has 4 nitrogen and oxygen atoms in total. The minimum absolute atomic E-state index is 0.0618. The van der Waals surface area contributed by atoms with Crippen LogP contribution in [0.5, 0.6) is 0 Å². The molecule has 0 aromatic rings. The standard InChI is InChI=1S/C41H79NO3P/c1-6-8-10-12-14-16-18-20-22-24-26-28-30-32-34-36-40(43)46(45-39-38-42(3,4)5)41(44)37-35-33-31-29-27-25-23-21-19-17-15-13-11-9-7-2/h20-23H,6-19,24-39H2,1-5H3/q+1. The van der Waals surface area contributed by atoms with Crippen LogP contribution in [-0.2, 0) is 14.1 Å². The van der Waals surface area contributed by atoms with Crippen LogP contribution in [0.15, 0.2) is 24.3 Å². The summed E-state index contributed by atoms with van der Waals surface area (Å²) in [5.41, 5.74) is 0.124. The van der Waals surface area contributed by atoms with Crippen molar-refractivity contribution in [2.24, 2.45) is 0 Å². The molecule has 270 valence electrons. The number of carbonyl (C=O) groups excluding carboxylic acids is 2. The summed E-state index contributed by atoms with van der Waals surface area (Å²) >= 11 is 0. The number of nitrogens with zero attached hydrogens (tertiary/aromatic N) is 1. The first-order chi connectivity index (χ1) is 22.3. The Hall–Kier alpha value is -0.830. The van der Waals surface area contributed by atoms with Crippen LogP contribution in [-0.4, -0.2) is 49.8 Å². The van der Waals surface area contributed by atoms with E-state index in [2.05, 4.69) is 59.3 Å². The first-order valence-electron chi connectivity index (χ1n) is 19.9. The van der Waals surface area contributed by atoms with Gasteiger partial charge in [-0.15, -0.1) is 0 Å². The first-order valence-corrected chi connectivity index (χ1v) is 21.2. The van der Waals surface area contributed by atoms with Crippen molar-refractivity contribution in [3.05, 3.63) is 24.3 Å². The van der Waals surface area contributed by atoms with Gasteiger partial charge in [0, 0.05) is 12.8 Å². The van der Waals surface area contributed by atoms with Crippen molar-refractivity contribution in [3.8, 4) is 0 Å². The van der Waals surface area contributed by atoms with Crippen molar-refractivity contribution in [2.45, 2.75) is 194 Å². The Kier molecular flexibility index (Phi) is 33.4. The van der Waals surface area contributed by atoms with Gasteiger partial charge in [-0.3, -0.25) is 9.59 Å². The SMILES string of the molecule is CCCCCCCCC=CCCCCCCCC(=O)P(OCC[N+](C)(C)C)C(=O)CCCCCCCC=CCCCCCCCC. The molecule has 0 aliphatic heterocycles. The number of unbranched alkanes of at least 4 members (excludes halogenated alkanes) is 22. The molecular formula is C41H79NO3P+. The van der Waals surface area contributed by atoms with Crippen LogP contribution in [0.1, 0.15) is 194 Å². The van der Waals surface area contributed by atoms with Gasteiger partial charge >= 0.3 is 0 Å². The lowest BCUT2D eigenvalue weighted by atomic mass is 10.1. The third-order valence-corrected chi connectivity index (χ3v) is 10.5. The van der Waals surface area contributed by atoms with Crippen molar-refractivity contribution < 1.29 is 18.6 Å². The van der Waals surface area contributed by atoms with E-state index in [0.717, 1.165) is 36.7 Å². The van der Waals surface area contributed by atoms with Gasteiger partial charge in [-0.2, -0.15) is 0 Å². The Morgan fingerprint density at radius 1 is 0.478 bits per heavy atom. The van der Waals surface area contributed by atoms with E-state index in [1.54, 1.807) is 0 Å². The first kappa shape index (κ1) is 45.2. The van der Waals surface area contributed by atoms with Crippen LogP contribution in [0, 0.1) is 0 Å². The Morgan fingerprint density at radius 3 is 1.11 bits per heavy atom. The van der Waals surface area contributed by atoms with Gasteiger partial charge in [0.15, 0.2) is 19.2 Å². The van der Waals surface area contributed by atoms with Gasteiger partial charge in [0.2, 0.25) is 0 Å². The Morgan fingerprint density at radius 2 is 0.783 bits per heavy atom. The van der Waals surface area contributed by atoms with E-state index in [9.17, 15) is 9.59 Å². The van der Waals surface area contributed by atoms with Crippen LogP contribution in [0.4, 0.5) is 0 Å². The zero-order valence-electron chi connectivity index (χ0n) is 31.6. The average Bonchev–Trinajstić information content (AvgIpc) is 3.02. The molecule has 0 atom stereocenters. The molecule has 0 bridgehead atoms. The molecule has 0 aliphatic carbocycles. The molecule has 0 aromatic heterocycles. The number of likely N-dealkylation sites (N-methyl/N-ethyl adjacent to an activating group) is 1. The van der Waals surface area contributed by atoms with E-state index in [-0.39, 0.29) is 11.0 Å². The predicted octanol–water partition coefficient (Wildman–Crippen LogP) is 13.2. The molecular weight excluding hydrogens is 585 g/mol. The molecule has 0 fully saturated rings. The molecule has 0 N–H and O–H groups in total. The largest absolute Gasteiger partial charge is 0.339 e. The smallest absolute Gasteiger partial charge is 0.189 e. The third kappa shape index (κ3) is 33.1. The van der Waals surface area contributed by atoms with Crippen LogP contribution >= 0.6 is 8.15 Å². The molecule has 0 rings (SSSR count). The van der Waals surface area contributed by atoms with Crippen molar-refractivity contribution in [2.75, 3.05) is 34.3 Å². The average molecular weight is 665 g/mol. The second kappa shape index (κ2) is 34.0. The van der Waals surface area contributed by atoms with Crippen molar-refractivity contribution >= 4 is 19.2 Å². The number of quaternary nitrogens is 1. The maximum atomic E-state index is 13.1. The molecule has 0 spiro atoms. The zero-order valence-corrected chi connectivity index (χ0v) is 32.5. The lowest BCUT2D eigenvalue weighted by Crippen LogP contribution is -2.37. The molecule has 0 amide bonds. The maximum Gasteiger partial charge on any atom is 0.189 e. The van der Waals surface area contributed by atoms with Gasteiger partial charge < -0.3 is 9.01 Å². The molecule has 0 aliphatic rings. The molecule has 0 saturated heterocycles. The molecule has 0 saturated carbocycles. The number of rotatable bonds is 36. The van der Waals surface area contributed by atoms with Gasteiger partial charge in [-0.05, 0) is 64.2 Å². The minimum Gasteiger partial charge on any atom is -0.339 e. The van der Waals surface area contributed by atoms with Gasteiger partial charge in [-0.1, -0.05) is 141 Å². The molecule has 0 radical (unpaired) electrons. The van der Waals surface area contributed by atoms with Crippen LogP contribution < -0.4 is 0 Å². The summed E-state index contributed by atoms with van der Waals surface area (Å²) in [6.45, 7) is 5.82. The number of carbonyl (C=O) groups is 2. The lowest BCUT2D eigenvalue weighted by Gasteiger charge is -2.24. The summed E-state index contributed by atoms with van der Waals surface area (Å²) in [4.78, 5) is 26.2. The van der Waals surface area contributed by atoms with E-state index in [4.69, 9.17) is 4.52 Å². The normalized spacial score (nSPS) is 12.9. The quantitative estimate of drug-likeness (QED) is 0.0290. The fourth-order valence-electron chi connectivity index (χ4n) is 5.59. The summed E-state index contributed by atoms with van der Waals surface area (Å²) in [5.74, 6) is 0. The number of allylic oxidation sites excluding steroid dienone is 4. The number of hydrogen-bond acceptors (Lipinski definition) is 3. The predicted molar refractivity (Wildman–Crippen MR) is 205 cm³/mol. The Balaban J connectivity index is 4.10. The third-order valence-electron chi connectivity index (χ3n) is 8.74. The van der Waals surface area contributed by atoms with Crippen molar-refractivity contribution in [1.82, 2.24) is 0 Å². The summed E-state index contributed by atoms with van der Waals surface area (Å²) < 4.78 is 6.80. The minimum atomic E-state index is -1.63. The molecule has 5 heteroatoms. The summed E-state index contributed by atoms with van der Waals surface area (Å²) in [6, 6.07) is 0. The van der Waals surface area contributed by atoms with E-state index in [0.29, 0.717) is 19.4 Å². The highest BCUT2D eigenvalue weighted by molar-refractivity contribution is 7.85. The summed E-state index contributed by atoms with van der Waals surface area (Å²) in [7, 11) is 4.72. The number of hydrogen-bond donors (Lipinski definition) is 0. The Bertz CT molecular complexity index is 690. The van der Waals surface area contributed by atoms with E-state index in [1.165, 1.54) is 141 Å². The van der Waals surface area contributed by atoms with E-state index >= 15 is 0 Å². The zero-order chi connectivity index (χ0) is 34.0. The van der Waals surface area contributed by atoms with Crippen LogP contribution in [0.25, 0.3) is 0 Å². The van der Waals surface area contributed by atoms with Crippen LogP contribution in [0.2, 0.25) is 0 Å². The summed E-state index contributed by atoms with van der Waals surface area (Å²) in [5, 5.41) is 0. The van der Waals surface area contributed by atoms with Gasteiger partial charge in [0.25, 0.3) is 0 Å². The molecule has 46 heavy (non-hydrogen) atoms. The van der Waals surface area contributed by atoms with E-state index < -0.39 is 8.15 Å². The van der Waals surface area contributed by atoms with Crippen molar-refractivity contribution in [3.63, 3.8) is 0 Å². The Labute approximate surface area is 289 Å². The highest BCUT2D eigenvalue weighted by atomic mass is 31.1. The topological polar surface area (TPSA) is 43.4 Å². The fourth-order valence-corrected chi connectivity index (χ4v) is 7.14. The van der Waals surface area contributed by atoms with Crippen molar-refractivity contribution in [1.29, 1.82) is 0 Å². The highest BCUT2D eigenvalue weighted by Crippen LogP contribution is 2.42. The lowest BCUT2D eigenvalue weighted by molar-refractivity contribution is -0.870. The summed E-state index contributed by atoms with van der Waals surface area (Å²) in [6.07, 6.45) is 42.7. The highest BCUT2D eigenvalue weighted by Gasteiger charge is 2.27. The molecule has 0 aromatic carbocycles. The van der Waals surface area contributed by atoms with Crippen LogP contribution in [0.3, 0.4) is 0 Å². The second-order valence-electron chi connectivity index (χ2n) is 14.6. The van der Waals surface area contributed by atoms with E-state index in [1.807, 2.05) is 0 Å². The maximum absolute atomic E-state index is 13.1. The monoisotopic (exact) mass is 665 g/mol.